The van der Waals surface area contributed by atoms with E-state index in [1.807, 2.05) is 19.2 Å². The third-order valence-electron chi connectivity index (χ3n) is 3.46. The van der Waals surface area contributed by atoms with Crippen molar-refractivity contribution in [3.63, 3.8) is 0 Å². The fraction of sp³-hybridized carbons (Fsp3) is 0.235. The molecule has 0 atom stereocenters. The molecule has 0 aromatic heterocycles. The van der Waals surface area contributed by atoms with Crippen LogP contribution in [-0.4, -0.2) is 39.5 Å². The van der Waals surface area contributed by atoms with E-state index < -0.39 is 5.97 Å². The minimum absolute atomic E-state index is 0.0466. The summed E-state index contributed by atoms with van der Waals surface area (Å²) in [7, 11) is 6.04. The number of methoxy groups -OCH3 is 3. The van der Waals surface area contributed by atoms with Crippen LogP contribution in [0.2, 0.25) is 0 Å². The second kappa shape index (κ2) is 8.00. The molecule has 0 bridgehead atoms. The van der Waals surface area contributed by atoms with Gasteiger partial charge in [0.1, 0.15) is 5.69 Å². The normalized spacial score (nSPS) is 10.6. The molecule has 2 rings (SSSR count). The van der Waals surface area contributed by atoms with Crippen LogP contribution < -0.4 is 19.5 Å². The van der Waals surface area contributed by atoms with Crippen molar-refractivity contribution in [2.24, 2.45) is 10.2 Å². The highest BCUT2D eigenvalue weighted by Crippen LogP contribution is 2.47. The lowest BCUT2D eigenvalue weighted by atomic mass is 10.1. The van der Waals surface area contributed by atoms with Gasteiger partial charge in [-0.15, -0.1) is 5.11 Å². The van der Waals surface area contributed by atoms with Crippen LogP contribution in [0.3, 0.4) is 0 Å². The molecule has 0 aliphatic carbocycles. The molecule has 0 fully saturated rings. The highest BCUT2D eigenvalue weighted by Gasteiger charge is 2.24. The molecule has 0 saturated heterocycles. The van der Waals surface area contributed by atoms with Gasteiger partial charge in [-0.3, -0.25) is 0 Å². The number of nitrogens with zero attached hydrogens (tertiary/aromatic N) is 2. The van der Waals surface area contributed by atoms with E-state index in [9.17, 15) is 9.90 Å². The Bertz CT molecular complexity index is 788. The maximum Gasteiger partial charge on any atom is 0.338 e. The van der Waals surface area contributed by atoms with E-state index >= 15 is 0 Å². The number of benzene rings is 2. The van der Waals surface area contributed by atoms with Crippen LogP contribution in [0.5, 0.6) is 17.2 Å². The monoisotopic (exact) mass is 345 g/mol. The number of carboxylic acids is 1. The van der Waals surface area contributed by atoms with Gasteiger partial charge in [-0.2, -0.15) is 5.11 Å². The second-order valence-electron chi connectivity index (χ2n) is 4.84. The number of carbonyl (C=O) groups is 1. The average Bonchev–Trinajstić information content (AvgIpc) is 2.64. The fourth-order valence-electron chi connectivity index (χ4n) is 2.21. The standard InChI is InChI=1S/C17H19N3O5/c1-18-10-5-7-11(8-6-10)19-20-14-12(17(21)22)9-13(23-2)15(24-3)16(14)25-4/h5-9,18H,1-4H3,(H,21,22)/b20-19+. The highest BCUT2D eigenvalue weighted by atomic mass is 16.5. The molecule has 0 amide bonds. The van der Waals surface area contributed by atoms with Crippen molar-refractivity contribution < 1.29 is 24.1 Å². The van der Waals surface area contributed by atoms with Crippen LogP contribution in [0.1, 0.15) is 10.4 Å². The molecule has 0 unspecified atom stereocenters. The number of aromatic carboxylic acids is 1. The van der Waals surface area contributed by atoms with Gasteiger partial charge in [0.15, 0.2) is 11.5 Å². The molecule has 2 aromatic rings. The molecule has 8 heteroatoms. The SMILES string of the molecule is CNc1ccc(/N=N/c2c(C(=O)O)cc(OC)c(OC)c2OC)cc1. The largest absolute Gasteiger partial charge is 0.493 e. The summed E-state index contributed by atoms with van der Waals surface area (Å²) in [5, 5.41) is 20.6. The molecule has 0 radical (unpaired) electrons. The molecular formula is C17H19N3O5. The molecule has 0 heterocycles. The van der Waals surface area contributed by atoms with Gasteiger partial charge in [0.2, 0.25) is 5.75 Å². The van der Waals surface area contributed by atoms with Gasteiger partial charge >= 0.3 is 5.97 Å². The summed E-state index contributed by atoms with van der Waals surface area (Å²) in [6.07, 6.45) is 0. The zero-order valence-corrected chi connectivity index (χ0v) is 14.4. The number of carboxylic acid groups (broad SMARTS) is 1. The summed E-state index contributed by atoms with van der Waals surface area (Å²) in [6.45, 7) is 0. The smallest absolute Gasteiger partial charge is 0.338 e. The minimum Gasteiger partial charge on any atom is -0.493 e. The van der Waals surface area contributed by atoms with E-state index in [2.05, 4.69) is 15.5 Å². The number of rotatable bonds is 7. The Labute approximate surface area is 145 Å². The Morgan fingerprint density at radius 3 is 2.12 bits per heavy atom. The van der Waals surface area contributed by atoms with Gasteiger partial charge in [0.25, 0.3) is 0 Å². The Balaban J connectivity index is 2.56. The molecule has 2 N–H and O–H groups in total. The fourth-order valence-corrected chi connectivity index (χ4v) is 2.21. The van der Waals surface area contributed by atoms with Crippen LogP contribution in [-0.2, 0) is 0 Å². The molecular weight excluding hydrogens is 326 g/mol. The van der Waals surface area contributed by atoms with Gasteiger partial charge < -0.3 is 24.6 Å². The van der Waals surface area contributed by atoms with Gasteiger partial charge in [-0.1, -0.05) is 0 Å². The molecule has 0 aliphatic rings. The van der Waals surface area contributed by atoms with Crippen LogP contribution in [0.4, 0.5) is 17.1 Å². The van der Waals surface area contributed by atoms with E-state index in [1.54, 1.807) is 12.1 Å². The number of hydrogen-bond acceptors (Lipinski definition) is 7. The van der Waals surface area contributed by atoms with E-state index in [0.29, 0.717) is 5.69 Å². The van der Waals surface area contributed by atoms with Crippen molar-refractivity contribution >= 4 is 23.0 Å². The summed E-state index contributed by atoms with van der Waals surface area (Å²) >= 11 is 0. The number of anilines is 1. The Morgan fingerprint density at radius 1 is 1.00 bits per heavy atom. The second-order valence-corrected chi connectivity index (χ2v) is 4.84. The zero-order chi connectivity index (χ0) is 18.4. The van der Waals surface area contributed by atoms with Crippen molar-refractivity contribution in [2.75, 3.05) is 33.7 Å². The number of ether oxygens (including phenoxy) is 3. The number of nitrogens with one attached hydrogen (secondary N) is 1. The van der Waals surface area contributed by atoms with E-state index in [-0.39, 0.29) is 28.5 Å². The van der Waals surface area contributed by atoms with Gasteiger partial charge in [-0.25, -0.2) is 4.79 Å². The first-order valence-corrected chi connectivity index (χ1v) is 7.31. The Hall–Kier alpha value is -3.29. The van der Waals surface area contributed by atoms with Crippen LogP contribution in [0.25, 0.3) is 0 Å². The third kappa shape index (κ3) is 3.79. The summed E-state index contributed by atoms with van der Waals surface area (Å²) < 4.78 is 15.7. The lowest BCUT2D eigenvalue weighted by molar-refractivity contribution is 0.0697. The maximum absolute atomic E-state index is 11.6. The Morgan fingerprint density at radius 2 is 1.64 bits per heavy atom. The molecule has 0 aliphatic heterocycles. The van der Waals surface area contributed by atoms with Crippen molar-refractivity contribution in [2.45, 2.75) is 0 Å². The molecule has 2 aromatic carbocycles. The first kappa shape index (κ1) is 18.1. The lowest BCUT2D eigenvalue weighted by Crippen LogP contribution is -2.02. The van der Waals surface area contributed by atoms with E-state index in [1.165, 1.54) is 27.4 Å². The predicted octanol–water partition coefficient (Wildman–Crippen LogP) is 3.87. The van der Waals surface area contributed by atoms with Gasteiger partial charge in [0, 0.05) is 18.8 Å². The summed E-state index contributed by atoms with van der Waals surface area (Å²) in [5.74, 6) is -0.572. The van der Waals surface area contributed by atoms with Crippen LogP contribution in [0.15, 0.2) is 40.6 Å². The maximum atomic E-state index is 11.6. The number of hydrogen-bond donors (Lipinski definition) is 2. The molecule has 8 nitrogen and oxygen atoms in total. The van der Waals surface area contributed by atoms with E-state index in [4.69, 9.17) is 14.2 Å². The molecule has 0 saturated carbocycles. The predicted molar refractivity (Wildman–Crippen MR) is 93.2 cm³/mol. The van der Waals surface area contributed by atoms with Gasteiger partial charge in [-0.05, 0) is 24.3 Å². The quantitative estimate of drug-likeness (QED) is 0.739. The summed E-state index contributed by atoms with van der Waals surface area (Å²) in [6, 6.07) is 8.49. The summed E-state index contributed by atoms with van der Waals surface area (Å²) in [4.78, 5) is 11.6. The van der Waals surface area contributed by atoms with Crippen molar-refractivity contribution in [3.05, 3.63) is 35.9 Å². The zero-order valence-electron chi connectivity index (χ0n) is 14.4. The number of azo groups is 1. The topological polar surface area (TPSA) is 102 Å². The molecule has 0 spiro atoms. The first-order valence-electron chi connectivity index (χ1n) is 7.31. The molecule has 25 heavy (non-hydrogen) atoms. The average molecular weight is 345 g/mol. The first-order chi connectivity index (χ1) is 12.0. The third-order valence-corrected chi connectivity index (χ3v) is 3.46. The van der Waals surface area contributed by atoms with Gasteiger partial charge in [0.05, 0.1) is 32.6 Å². The Kier molecular flexibility index (Phi) is 5.78. The lowest BCUT2D eigenvalue weighted by Gasteiger charge is -2.15. The van der Waals surface area contributed by atoms with Crippen molar-refractivity contribution in [1.29, 1.82) is 0 Å². The summed E-state index contributed by atoms with van der Waals surface area (Å²) in [5.41, 5.74) is 1.43. The van der Waals surface area contributed by atoms with Crippen LogP contribution >= 0.6 is 0 Å². The highest BCUT2D eigenvalue weighted by molar-refractivity contribution is 5.97. The molecule has 132 valence electrons. The van der Waals surface area contributed by atoms with Crippen molar-refractivity contribution in [3.8, 4) is 17.2 Å². The van der Waals surface area contributed by atoms with Crippen LogP contribution in [0, 0.1) is 0 Å². The van der Waals surface area contributed by atoms with Crippen molar-refractivity contribution in [1.82, 2.24) is 0 Å². The van der Waals surface area contributed by atoms with E-state index in [0.717, 1.165) is 5.69 Å². The minimum atomic E-state index is -1.18.